The Balaban J connectivity index is 1.50. The number of nitrogens with one attached hydrogen (secondary N) is 3. The van der Waals surface area contributed by atoms with Gasteiger partial charge in [0.05, 0.1) is 0 Å². The molecule has 1 aliphatic heterocycles. The maximum absolute atomic E-state index is 12.8. The number of nitrogens with zero attached hydrogens (tertiary/aromatic N) is 1. The Hall–Kier alpha value is -2.65. The summed E-state index contributed by atoms with van der Waals surface area (Å²) in [5, 5.41) is 9.32. The van der Waals surface area contributed by atoms with Crippen LogP contribution in [0.25, 0.3) is 0 Å². The molecular formula is C21H20ClF3N4O2. The summed E-state index contributed by atoms with van der Waals surface area (Å²) in [5.74, 6) is -0.142. The first-order valence-electron chi connectivity index (χ1n) is 9.85. The Kier molecular flexibility index (Phi) is 5.90. The molecule has 31 heavy (non-hydrogen) atoms. The monoisotopic (exact) mass is 452 g/mol. The maximum atomic E-state index is 12.8. The number of pyridine rings is 1. The normalized spacial score (nSPS) is 21.5. The fraction of sp³-hybridized carbons (Fsp3) is 0.381. The van der Waals surface area contributed by atoms with Crippen molar-refractivity contribution in [2.75, 3.05) is 0 Å². The van der Waals surface area contributed by atoms with Crippen molar-refractivity contribution in [3.63, 3.8) is 0 Å². The minimum absolute atomic E-state index is 0.0236. The number of amides is 2. The van der Waals surface area contributed by atoms with E-state index >= 15 is 0 Å². The summed E-state index contributed by atoms with van der Waals surface area (Å²) in [6.45, 7) is 0.340. The Morgan fingerprint density at radius 1 is 1.23 bits per heavy atom. The molecule has 2 aliphatic rings. The highest BCUT2D eigenvalue weighted by atomic mass is 35.5. The molecule has 2 atom stereocenters. The second-order valence-electron chi connectivity index (χ2n) is 7.75. The van der Waals surface area contributed by atoms with Gasteiger partial charge in [-0.15, -0.1) is 0 Å². The predicted molar refractivity (Wildman–Crippen MR) is 107 cm³/mol. The molecule has 1 saturated heterocycles. The summed E-state index contributed by atoms with van der Waals surface area (Å²) in [5.41, 5.74) is 0.911. The number of benzene rings is 1. The number of rotatable bonds is 5. The van der Waals surface area contributed by atoms with Crippen LogP contribution in [0.1, 0.15) is 53.9 Å². The fourth-order valence-electron chi connectivity index (χ4n) is 3.47. The molecule has 10 heteroatoms. The summed E-state index contributed by atoms with van der Waals surface area (Å²) in [7, 11) is 0. The van der Waals surface area contributed by atoms with Crippen molar-refractivity contribution in [2.45, 2.75) is 44.2 Å². The molecular weight excluding hydrogens is 433 g/mol. The molecule has 1 aliphatic carbocycles. The second kappa shape index (κ2) is 8.47. The molecule has 1 aromatic heterocycles. The zero-order valence-electron chi connectivity index (χ0n) is 16.3. The quantitative estimate of drug-likeness (QED) is 0.647. The number of aromatic nitrogens is 1. The third-order valence-corrected chi connectivity index (χ3v) is 5.67. The third kappa shape index (κ3) is 5.16. The van der Waals surface area contributed by atoms with Crippen LogP contribution in [-0.2, 0) is 22.3 Å². The number of alkyl halides is 3. The average molecular weight is 453 g/mol. The van der Waals surface area contributed by atoms with Crippen LogP contribution in [0.2, 0.25) is 5.02 Å². The van der Waals surface area contributed by atoms with Gasteiger partial charge in [0.25, 0.3) is 0 Å². The summed E-state index contributed by atoms with van der Waals surface area (Å²) in [6, 6.07) is 6.96. The zero-order valence-corrected chi connectivity index (χ0v) is 17.1. The van der Waals surface area contributed by atoms with Gasteiger partial charge in [-0.1, -0.05) is 23.7 Å². The van der Waals surface area contributed by atoms with Crippen molar-refractivity contribution < 1.29 is 22.8 Å². The molecule has 2 fully saturated rings. The van der Waals surface area contributed by atoms with E-state index in [-0.39, 0.29) is 24.2 Å². The Morgan fingerprint density at radius 2 is 2.00 bits per heavy atom. The molecule has 1 saturated carbocycles. The highest BCUT2D eigenvalue weighted by molar-refractivity contribution is 6.31. The van der Waals surface area contributed by atoms with Crippen LogP contribution in [-0.4, -0.2) is 16.8 Å². The van der Waals surface area contributed by atoms with Gasteiger partial charge in [-0.3, -0.25) is 19.9 Å². The maximum Gasteiger partial charge on any atom is 0.433 e. The van der Waals surface area contributed by atoms with E-state index in [4.69, 9.17) is 11.6 Å². The number of carbonyl (C=O) groups excluding carboxylic acids is 2. The lowest BCUT2D eigenvalue weighted by Gasteiger charge is -2.32. The van der Waals surface area contributed by atoms with Crippen LogP contribution in [0.4, 0.5) is 13.2 Å². The minimum atomic E-state index is -4.53. The topological polar surface area (TPSA) is 83.1 Å². The van der Waals surface area contributed by atoms with Gasteiger partial charge in [0.15, 0.2) is 0 Å². The van der Waals surface area contributed by atoms with Crippen LogP contribution in [0.3, 0.4) is 0 Å². The van der Waals surface area contributed by atoms with Crippen LogP contribution in [0.5, 0.6) is 0 Å². The molecule has 0 spiro atoms. The first-order chi connectivity index (χ1) is 14.7. The molecule has 2 aromatic rings. The largest absolute Gasteiger partial charge is 0.433 e. The van der Waals surface area contributed by atoms with E-state index in [1.54, 1.807) is 18.2 Å². The van der Waals surface area contributed by atoms with E-state index in [1.807, 2.05) is 0 Å². The lowest BCUT2D eigenvalue weighted by atomic mass is 9.99. The summed E-state index contributed by atoms with van der Waals surface area (Å²) in [4.78, 5) is 27.7. The zero-order chi connectivity index (χ0) is 22.2. The van der Waals surface area contributed by atoms with Crippen LogP contribution < -0.4 is 16.0 Å². The molecule has 6 nitrogen and oxygen atoms in total. The van der Waals surface area contributed by atoms with Crippen LogP contribution >= 0.6 is 11.6 Å². The molecule has 2 heterocycles. The van der Waals surface area contributed by atoms with Crippen molar-refractivity contribution in [3.05, 3.63) is 63.9 Å². The molecule has 2 unspecified atom stereocenters. The number of hydrogen-bond acceptors (Lipinski definition) is 4. The molecule has 4 rings (SSSR count). The fourth-order valence-corrected chi connectivity index (χ4v) is 3.70. The molecule has 2 amide bonds. The van der Waals surface area contributed by atoms with Gasteiger partial charge in [0.2, 0.25) is 11.8 Å². The van der Waals surface area contributed by atoms with Gasteiger partial charge >= 0.3 is 6.18 Å². The van der Waals surface area contributed by atoms with E-state index in [0.717, 1.165) is 30.7 Å². The van der Waals surface area contributed by atoms with Crippen molar-refractivity contribution in [1.82, 2.24) is 20.9 Å². The Bertz CT molecular complexity index is 993. The molecule has 1 aromatic carbocycles. The van der Waals surface area contributed by atoms with Crippen molar-refractivity contribution >= 4 is 23.4 Å². The lowest BCUT2D eigenvalue weighted by molar-refractivity contribution is -0.141. The van der Waals surface area contributed by atoms with Crippen molar-refractivity contribution in [1.29, 1.82) is 0 Å². The van der Waals surface area contributed by atoms with Gasteiger partial charge in [0, 0.05) is 41.7 Å². The highest BCUT2D eigenvalue weighted by Crippen LogP contribution is 2.32. The number of halogens is 4. The van der Waals surface area contributed by atoms with Crippen LogP contribution in [0.15, 0.2) is 36.5 Å². The summed E-state index contributed by atoms with van der Waals surface area (Å²) in [6.07, 6.45) is -2.16. The summed E-state index contributed by atoms with van der Waals surface area (Å²) < 4.78 is 38.3. The smallest absolute Gasteiger partial charge is 0.352 e. The third-order valence-electron chi connectivity index (χ3n) is 5.33. The average Bonchev–Trinajstić information content (AvgIpc) is 3.57. The minimum Gasteiger partial charge on any atom is -0.352 e. The van der Waals surface area contributed by atoms with E-state index in [0.29, 0.717) is 22.7 Å². The Labute approximate surface area is 181 Å². The number of carbonyl (C=O) groups is 2. The summed E-state index contributed by atoms with van der Waals surface area (Å²) >= 11 is 6.35. The van der Waals surface area contributed by atoms with Gasteiger partial charge in [-0.2, -0.15) is 13.2 Å². The lowest BCUT2D eigenvalue weighted by Crippen LogP contribution is -2.46. The van der Waals surface area contributed by atoms with Crippen molar-refractivity contribution in [3.8, 4) is 0 Å². The van der Waals surface area contributed by atoms with E-state index in [1.165, 1.54) is 6.07 Å². The van der Waals surface area contributed by atoms with Gasteiger partial charge < -0.3 is 10.6 Å². The highest BCUT2D eigenvalue weighted by Gasteiger charge is 2.34. The molecule has 3 N–H and O–H groups in total. The number of hydrogen-bond donors (Lipinski definition) is 3. The van der Waals surface area contributed by atoms with Gasteiger partial charge in [-0.05, 0) is 42.2 Å². The van der Waals surface area contributed by atoms with Crippen LogP contribution in [0, 0.1) is 5.92 Å². The van der Waals surface area contributed by atoms with E-state index in [9.17, 15) is 22.8 Å². The Morgan fingerprint density at radius 3 is 2.65 bits per heavy atom. The predicted octanol–water partition coefficient (Wildman–Crippen LogP) is 3.63. The first-order valence-corrected chi connectivity index (χ1v) is 10.2. The molecule has 0 bridgehead atoms. The van der Waals surface area contributed by atoms with Crippen molar-refractivity contribution in [2.24, 2.45) is 5.92 Å². The van der Waals surface area contributed by atoms with Gasteiger partial charge in [0.1, 0.15) is 11.9 Å². The van der Waals surface area contributed by atoms with Gasteiger partial charge in [-0.25, -0.2) is 0 Å². The standard InChI is InChI=1S/C21H20ClF3N4O2/c22-15-5-1-11(9-27-20(31)12-2-3-12)7-14(15)19-28-16(8-18(30)29-19)13-4-6-17(26-10-13)21(23,24)25/h1,4-7,10,12,16,19,28H,2-3,8-9H2,(H,27,31)(H,29,30). The second-order valence-corrected chi connectivity index (χ2v) is 8.15. The molecule has 164 valence electrons. The van der Waals surface area contributed by atoms with E-state index < -0.39 is 24.1 Å². The SMILES string of the molecule is O=C1CC(c2ccc(C(F)(F)F)nc2)NC(c2cc(CNC(=O)C3CC3)ccc2Cl)N1. The molecule has 0 radical (unpaired) electrons. The first kappa shape index (κ1) is 21.6. The van der Waals surface area contributed by atoms with E-state index in [2.05, 4.69) is 20.9 Å².